The van der Waals surface area contributed by atoms with E-state index in [9.17, 15) is 4.79 Å². The van der Waals surface area contributed by atoms with Gasteiger partial charge >= 0.3 is 0 Å². The number of carbonyl (C=O) groups excluding carboxylic acids is 1. The molecule has 1 amide bonds. The minimum Gasteiger partial charge on any atom is -0.497 e. The number of carbonyl (C=O) groups is 1. The van der Waals surface area contributed by atoms with Crippen molar-refractivity contribution in [2.24, 2.45) is 0 Å². The molecule has 6 heteroatoms. The van der Waals surface area contributed by atoms with Gasteiger partial charge in [-0.1, -0.05) is 15.9 Å². The molecule has 0 spiro atoms. The van der Waals surface area contributed by atoms with Gasteiger partial charge in [0.25, 0.3) is 0 Å². The van der Waals surface area contributed by atoms with Gasteiger partial charge in [0.1, 0.15) is 11.5 Å². The summed E-state index contributed by atoms with van der Waals surface area (Å²) in [6.07, 6.45) is 0. The Balaban J connectivity index is 2.01. The Hall–Kier alpha value is -2.21. The van der Waals surface area contributed by atoms with Crippen LogP contribution < -0.4 is 20.1 Å². The molecule has 0 aliphatic rings. The van der Waals surface area contributed by atoms with Gasteiger partial charge in [-0.3, -0.25) is 4.79 Å². The van der Waals surface area contributed by atoms with Gasteiger partial charge in [0.2, 0.25) is 5.91 Å². The zero-order valence-corrected chi connectivity index (χ0v) is 14.9. The number of amides is 1. The van der Waals surface area contributed by atoms with Gasteiger partial charge in [-0.15, -0.1) is 0 Å². The third-order valence-corrected chi connectivity index (χ3v) is 3.80. The van der Waals surface area contributed by atoms with Crippen molar-refractivity contribution < 1.29 is 14.3 Å². The van der Waals surface area contributed by atoms with Gasteiger partial charge in [-0.25, -0.2) is 0 Å². The van der Waals surface area contributed by atoms with Gasteiger partial charge in [-0.05, 0) is 42.8 Å². The van der Waals surface area contributed by atoms with Crippen LogP contribution in [0.4, 0.5) is 11.4 Å². The highest BCUT2D eigenvalue weighted by Crippen LogP contribution is 2.28. The van der Waals surface area contributed by atoms with Crippen molar-refractivity contribution in [3.8, 4) is 11.5 Å². The molecule has 23 heavy (non-hydrogen) atoms. The first-order valence-corrected chi connectivity index (χ1v) is 7.84. The number of rotatable bonds is 6. The van der Waals surface area contributed by atoms with E-state index in [1.807, 2.05) is 25.1 Å². The van der Waals surface area contributed by atoms with Crippen molar-refractivity contribution in [2.45, 2.75) is 6.92 Å². The first-order valence-electron chi connectivity index (χ1n) is 7.05. The predicted molar refractivity (Wildman–Crippen MR) is 95.5 cm³/mol. The average molecular weight is 379 g/mol. The highest BCUT2D eigenvalue weighted by Gasteiger charge is 2.08. The minimum absolute atomic E-state index is 0.124. The van der Waals surface area contributed by atoms with E-state index in [0.717, 1.165) is 15.7 Å². The van der Waals surface area contributed by atoms with E-state index in [1.165, 1.54) is 0 Å². The highest BCUT2D eigenvalue weighted by molar-refractivity contribution is 9.10. The van der Waals surface area contributed by atoms with Crippen LogP contribution in [-0.2, 0) is 4.79 Å². The maximum absolute atomic E-state index is 12.1. The van der Waals surface area contributed by atoms with E-state index in [0.29, 0.717) is 17.2 Å². The summed E-state index contributed by atoms with van der Waals surface area (Å²) in [6, 6.07) is 11.1. The van der Waals surface area contributed by atoms with Crippen molar-refractivity contribution in [3.63, 3.8) is 0 Å². The molecule has 0 aromatic heterocycles. The first kappa shape index (κ1) is 17.1. The SMILES string of the molecule is COc1ccc(OC)c(NCC(=O)Nc2ccc(Br)cc2C)c1. The minimum atomic E-state index is -0.139. The van der Waals surface area contributed by atoms with Gasteiger partial charge in [-0.2, -0.15) is 0 Å². The standard InChI is InChI=1S/C17H19BrN2O3/c1-11-8-12(18)4-6-14(11)20-17(21)10-19-15-9-13(22-2)5-7-16(15)23-3/h4-9,19H,10H2,1-3H3,(H,20,21). The fourth-order valence-corrected chi connectivity index (χ4v) is 2.56. The van der Waals surface area contributed by atoms with Crippen molar-refractivity contribution in [1.82, 2.24) is 0 Å². The molecule has 2 N–H and O–H groups in total. The fraction of sp³-hybridized carbons (Fsp3) is 0.235. The Kier molecular flexibility index (Phi) is 5.87. The van der Waals surface area contributed by atoms with E-state index in [-0.39, 0.29) is 12.5 Å². The van der Waals surface area contributed by atoms with Crippen LogP contribution in [0.1, 0.15) is 5.56 Å². The smallest absolute Gasteiger partial charge is 0.243 e. The van der Waals surface area contributed by atoms with Crippen molar-refractivity contribution >= 4 is 33.2 Å². The summed E-state index contributed by atoms with van der Waals surface area (Å²) in [5, 5.41) is 5.94. The van der Waals surface area contributed by atoms with Crippen LogP contribution >= 0.6 is 15.9 Å². The third-order valence-electron chi connectivity index (χ3n) is 3.31. The van der Waals surface area contributed by atoms with Gasteiger partial charge < -0.3 is 20.1 Å². The topological polar surface area (TPSA) is 59.6 Å². The van der Waals surface area contributed by atoms with Gasteiger partial charge in [0, 0.05) is 16.2 Å². The summed E-state index contributed by atoms with van der Waals surface area (Å²) < 4.78 is 11.4. The highest BCUT2D eigenvalue weighted by atomic mass is 79.9. The van der Waals surface area contributed by atoms with Crippen LogP contribution in [0, 0.1) is 6.92 Å². The number of benzene rings is 2. The zero-order valence-electron chi connectivity index (χ0n) is 13.3. The molecule has 0 saturated carbocycles. The summed E-state index contributed by atoms with van der Waals surface area (Å²) >= 11 is 3.40. The van der Waals surface area contributed by atoms with E-state index in [4.69, 9.17) is 9.47 Å². The molecule has 0 bridgehead atoms. The largest absolute Gasteiger partial charge is 0.497 e. The number of aryl methyl sites for hydroxylation is 1. The third kappa shape index (κ3) is 4.63. The van der Waals surface area contributed by atoms with E-state index in [1.54, 1.807) is 32.4 Å². The normalized spacial score (nSPS) is 10.1. The van der Waals surface area contributed by atoms with Crippen molar-refractivity contribution in [3.05, 3.63) is 46.4 Å². The second kappa shape index (κ2) is 7.87. The molecular formula is C17H19BrN2O3. The molecule has 0 heterocycles. The molecule has 0 saturated heterocycles. The summed E-state index contributed by atoms with van der Waals surface area (Å²) in [6.45, 7) is 2.07. The second-order valence-corrected chi connectivity index (χ2v) is 5.84. The number of hydrogen-bond acceptors (Lipinski definition) is 4. The number of methoxy groups -OCH3 is 2. The molecule has 0 unspecified atom stereocenters. The molecular weight excluding hydrogens is 360 g/mol. The molecule has 0 atom stereocenters. The lowest BCUT2D eigenvalue weighted by Gasteiger charge is -2.13. The van der Waals surface area contributed by atoms with Crippen LogP contribution in [0.2, 0.25) is 0 Å². The number of halogens is 1. The fourth-order valence-electron chi connectivity index (χ4n) is 2.09. The molecule has 5 nitrogen and oxygen atoms in total. The number of nitrogens with one attached hydrogen (secondary N) is 2. The molecule has 0 aliphatic carbocycles. The molecule has 0 aliphatic heterocycles. The quantitative estimate of drug-likeness (QED) is 0.801. The maximum Gasteiger partial charge on any atom is 0.243 e. The van der Waals surface area contributed by atoms with Crippen LogP contribution in [-0.4, -0.2) is 26.7 Å². The monoisotopic (exact) mass is 378 g/mol. The Morgan fingerprint density at radius 2 is 1.87 bits per heavy atom. The van der Waals surface area contributed by atoms with Gasteiger partial charge in [0.15, 0.2) is 0 Å². The van der Waals surface area contributed by atoms with Crippen LogP contribution in [0.25, 0.3) is 0 Å². The van der Waals surface area contributed by atoms with E-state index in [2.05, 4.69) is 26.6 Å². The lowest BCUT2D eigenvalue weighted by atomic mass is 10.2. The van der Waals surface area contributed by atoms with Crippen molar-refractivity contribution in [2.75, 3.05) is 31.4 Å². The molecule has 2 rings (SSSR count). The lowest BCUT2D eigenvalue weighted by molar-refractivity contribution is -0.114. The summed E-state index contributed by atoms with van der Waals surface area (Å²) in [4.78, 5) is 12.1. The first-order chi connectivity index (χ1) is 11.0. The zero-order chi connectivity index (χ0) is 16.8. The Morgan fingerprint density at radius 1 is 1.09 bits per heavy atom. The second-order valence-electron chi connectivity index (χ2n) is 4.93. The molecule has 2 aromatic carbocycles. The summed E-state index contributed by atoms with van der Waals surface area (Å²) in [7, 11) is 3.17. The number of anilines is 2. The molecule has 0 radical (unpaired) electrons. The van der Waals surface area contributed by atoms with E-state index < -0.39 is 0 Å². The maximum atomic E-state index is 12.1. The molecule has 2 aromatic rings. The molecule has 0 fully saturated rings. The van der Waals surface area contributed by atoms with Gasteiger partial charge in [0.05, 0.1) is 26.5 Å². The average Bonchev–Trinajstić information content (AvgIpc) is 2.55. The van der Waals surface area contributed by atoms with Crippen LogP contribution in [0.5, 0.6) is 11.5 Å². The number of hydrogen-bond donors (Lipinski definition) is 2. The van der Waals surface area contributed by atoms with E-state index >= 15 is 0 Å². The Morgan fingerprint density at radius 3 is 2.52 bits per heavy atom. The summed E-state index contributed by atoms with van der Waals surface area (Å²) in [5.74, 6) is 1.20. The predicted octanol–water partition coefficient (Wildman–Crippen LogP) is 3.83. The Bertz CT molecular complexity index is 704. The lowest BCUT2D eigenvalue weighted by Crippen LogP contribution is -2.22. The number of ether oxygens (including phenoxy) is 2. The van der Waals surface area contributed by atoms with Crippen LogP contribution in [0.15, 0.2) is 40.9 Å². The van der Waals surface area contributed by atoms with Crippen LogP contribution in [0.3, 0.4) is 0 Å². The Labute approximate surface area is 144 Å². The summed E-state index contributed by atoms with van der Waals surface area (Å²) in [5.41, 5.74) is 2.49. The molecule has 122 valence electrons. The van der Waals surface area contributed by atoms with Crippen molar-refractivity contribution in [1.29, 1.82) is 0 Å².